The minimum Gasteiger partial charge on any atom is -0.436 e. The zero-order chi connectivity index (χ0) is 22.6. The van der Waals surface area contributed by atoms with E-state index in [0.717, 1.165) is 16.8 Å². The topological polar surface area (TPSA) is 82.2 Å². The number of rotatable bonds is 7. The summed E-state index contributed by atoms with van der Waals surface area (Å²) in [5, 5.41) is 11.5. The summed E-state index contributed by atoms with van der Waals surface area (Å²) < 4.78 is 12.0. The van der Waals surface area contributed by atoms with E-state index < -0.39 is 0 Å². The average Bonchev–Trinajstić information content (AvgIpc) is 3.54. The molecule has 0 aliphatic heterocycles. The lowest BCUT2D eigenvalue weighted by atomic mass is 10.2. The second-order valence-corrected chi connectivity index (χ2v) is 8.33. The van der Waals surface area contributed by atoms with Crippen LogP contribution in [-0.4, -0.2) is 14.7 Å². The Kier molecular flexibility index (Phi) is 5.93. The van der Waals surface area contributed by atoms with Crippen molar-refractivity contribution >= 4 is 34.6 Å². The van der Waals surface area contributed by atoms with Gasteiger partial charge in [-0.3, -0.25) is 9.36 Å². The molecule has 3 aromatic heterocycles. The maximum absolute atomic E-state index is 13.4. The molecule has 0 bridgehead atoms. The van der Waals surface area contributed by atoms with E-state index in [1.807, 2.05) is 41.1 Å². The molecule has 0 saturated heterocycles. The molecule has 3 heterocycles. The van der Waals surface area contributed by atoms with Crippen molar-refractivity contribution in [3.8, 4) is 22.8 Å². The first-order chi connectivity index (χ1) is 16.2. The van der Waals surface area contributed by atoms with Crippen LogP contribution in [0, 0.1) is 0 Å². The molecule has 0 unspecified atom stereocenters. The summed E-state index contributed by atoms with van der Waals surface area (Å²) in [6.45, 7) is 0.344. The van der Waals surface area contributed by atoms with Gasteiger partial charge in [-0.1, -0.05) is 23.7 Å². The Morgan fingerprint density at radius 2 is 1.88 bits per heavy atom. The number of thiophene rings is 1. The molecular formula is C24H17ClN4O3S. The molecule has 5 rings (SSSR count). The van der Waals surface area contributed by atoms with Crippen LogP contribution in [0.4, 0.5) is 11.6 Å². The van der Waals surface area contributed by atoms with Crippen molar-refractivity contribution in [3.63, 3.8) is 0 Å². The molecule has 5 aromatic rings. The van der Waals surface area contributed by atoms with Crippen molar-refractivity contribution in [2.75, 3.05) is 5.32 Å². The average molecular weight is 477 g/mol. The highest BCUT2D eigenvalue weighted by Gasteiger charge is 2.14. The van der Waals surface area contributed by atoms with Gasteiger partial charge in [-0.25, -0.2) is 4.98 Å². The summed E-state index contributed by atoms with van der Waals surface area (Å²) in [4.78, 5) is 18.0. The van der Waals surface area contributed by atoms with E-state index in [2.05, 4.69) is 15.5 Å². The van der Waals surface area contributed by atoms with Crippen LogP contribution in [0.15, 0.2) is 93.2 Å². The quantitative estimate of drug-likeness (QED) is 0.301. The van der Waals surface area contributed by atoms with Gasteiger partial charge >= 0.3 is 0 Å². The van der Waals surface area contributed by atoms with Gasteiger partial charge in [-0.15, -0.1) is 0 Å². The Morgan fingerprint density at radius 1 is 1.06 bits per heavy atom. The predicted molar refractivity (Wildman–Crippen MR) is 129 cm³/mol. The summed E-state index contributed by atoms with van der Waals surface area (Å²) in [5.74, 6) is 1.41. The van der Waals surface area contributed by atoms with Crippen molar-refractivity contribution in [2.24, 2.45) is 0 Å². The lowest BCUT2D eigenvalue weighted by Crippen LogP contribution is -2.25. The van der Waals surface area contributed by atoms with Gasteiger partial charge in [0.25, 0.3) is 11.4 Å². The first-order valence-corrected chi connectivity index (χ1v) is 11.3. The Labute approximate surface area is 197 Å². The minimum absolute atomic E-state index is 0.133. The molecule has 1 N–H and O–H groups in total. The second-order valence-electron chi connectivity index (χ2n) is 7.11. The number of hydrogen-bond acceptors (Lipinski definition) is 7. The fraction of sp³-hybridized carbons (Fsp3) is 0.0417. The number of hydrogen-bond donors (Lipinski definition) is 1. The Hall–Kier alpha value is -3.88. The molecule has 7 nitrogen and oxygen atoms in total. The summed E-state index contributed by atoms with van der Waals surface area (Å²) in [6.07, 6.45) is 3.05. The third-order valence-electron chi connectivity index (χ3n) is 4.88. The highest BCUT2D eigenvalue weighted by atomic mass is 35.5. The number of anilines is 2. The molecule has 0 amide bonds. The molecule has 0 aliphatic carbocycles. The summed E-state index contributed by atoms with van der Waals surface area (Å²) in [6, 6.07) is 18.2. The van der Waals surface area contributed by atoms with Crippen molar-refractivity contribution in [2.45, 2.75) is 6.54 Å². The number of aromatic nitrogens is 3. The smallest absolute Gasteiger partial charge is 0.263 e. The number of halogens is 1. The van der Waals surface area contributed by atoms with Crippen LogP contribution in [0.3, 0.4) is 0 Å². The Bertz CT molecular complexity index is 1400. The molecule has 164 valence electrons. The van der Waals surface area contributed by atoms with Crippen LogP contribution < -0.4 is 15.6 Å². The van der Waals surface area contributed by atoms with Crippen molar-refractivity contribution in [3.05, 3.63) is 105 Å². The van der Waals surface area contributed by atoms with E-state index in [-0.39, 0.29) is 5.56 Å². The molecule has 9 heteroatoms. The lowest BCUT2D eigenvalue weighted by molar-refractivity contribution is 0.367. The first-order valence-electron chi connectivity index (χ1n) is 9.98. The first kappa shape index (κ1) is 21.0. The molecule has 0 fully saturated rings. The van der Waals surface area contributed by atoms with Gasteiger partial charge in [0.05, 0.1) is 12.1 Å². The van der Waals surface area contributed by atoms with Gasteiger partial charge in [0.2, 0.25) is 5.95 Å². The molecular weight excluding hydrogens is 460 g/mol. The molecule has 0 saturated carbocycles. The Balaban J connectivity index is 1.46. The number of nitrogens with zero attached hydrogens (tertiary/aromatic N) is 3. The molecule has 33 heavy (non-hydrogen) atoms. The monoisotopic (exact) mass is 476 g/mol. The van der Waals surface area contributed by atoms with Crippen molar-refractivity contribution < 1.29 is 9.26 Å². The molecule has 0 spiro atoms. The van der Waals surface area contributed by atoms with Crippen LogP contribution in [0.5, 0.6) is 11.6 Å². The zero-order valence-corrected chi connectivity index (χ0v) is 18.7. The summed E-state index contributed by atoms with van der Waals surface area (Å²) in [7, 11) is 0. The molecule has 0 radical (unpaired) electrons. The van der Waals surface area contributed by atoms with Crippen LogP contribution in [0.2, 0.25) is 5.02 Å². The SMILES string of the molecule is O=c1c(-c2ccsc2)cnc(Nc2ccc(Oc3ccon3)cc2)n1Cc1ccc(Cl)cc1. The van der Waals surface area contributed by atoms with E-state index in [4.69, 9.17) is 20.9 Å². The van der Waals surface area contributed by atoms with E-state index in [0.29, 0.717) is 34.7 Å². The maximum atomic E-state index is 13.4. The van der Waals surface area contributed by atoms with E-state index in [9.17, 15) is 4.79 Å². The van der Waals surface area contributed by atoms with Crippen molar-refractivity contribution in [1.82, 2.24) is 14.7 Å². The van der Waals surface area contributed by atoms with Crippen molar-refractivity contribution in [1.29, 1.82) is 0 Å². The van der Waals surface area contributed by atoms with Gasteiger partial charge in [0.1, 0.15) is 12.0 Å². The van der Waals surface area contributed by atoms with Crippen LogP contribution >= 0.6 is 22.9 Å². The van der Waals surface area contributed by atoms with Crippen LogP contribution in [-0.2, 0) is 6.54 Å². The highest BCUT2D eigenvalue weighted by molar-refractivity contribution is 7.08. The van der Waals surface area contributed by atoms with Gasteiger partial charge in [0, 0.05) is 23.0 Å². The second kappa shape index (κ2) is 9.32. The standard InChI is InChI=1S/C24H17ClN4O3S/c25-18-3-1-16(2-4-18)14-29-23(30)21(17-10-12-33-15-17)13-26-24(29)27-19-5-7-20(8-6-19)32-22-9-11-31-28-22/h1-13,15H,14H2,(H,26,27). The molecule has 2 aromatic carbocycles. The summed E-state index contributed by atoms with van der Waals surface area (Å²) >= 11 is 7.56. The van der Waals surface area contributed by atoms with Gasteiger partial charge < -0.3 is 14.6 Å². The fourth-order valence-electron chi connectivity index (χ4n) is 3.24. The van der Waals surface area contributed by atoms with Gasteiger partial charge in [-0.05, 0) is 69.5 Å². The zero-order valence-electron chi connectivity index (χ0n) is 17.1. The van der Waals surface area contributed by atoms with E-state index >= 15 is 0 Å². The largest absolute Gasteiger partial charge is 0.436 e. The third-order valence-corrected chi connectivity index (χ3v) is 5.82. The minimum atomic E-state index is -0.133. The van der Waals surface area contributed by atoms with Crippen LogP contribution in [0.25, 0.3) is 11.1 Å². The number of nitrogens with one attached hydrogen (secondary N) is 1. The number of ether oxygens (including phenoxy) is 1. The fourth-order valence-corrected chi connectivity index (χ4v) is 4.02. The molecule has 0 aliphatic rings. The predicted octanol–water partition coefficient (Wildman–Crippen LogP) is 6.20. The normalized spacial score (nSPS) is 10.8. The maximum Gasteiger partial charge on any atom is 0.263 e. The third kappa shape index (κ3) is 4.82. The van der Waals surface area contributed by atoms with E-state index in [1.165, 1.54) is 17.6 Å². The van der Waals surface area contributed by atoms with Gasteiger partial charge in [0.15, 0.2) is 0 Å². The molecule has 0 atom stereocenters. The van der Waals surface area contributed by atoms with E-state index in [1.54, 1.807) is 41.1 Å². The summed E-state index contributed by atoms with van der Waals surface area (Å²) in [5.41, 5.74) is 2.95. The number of benzene rings is 2. The van der Waals surface area contributed by atoms with Gasteiger partial charge in [-0.2, -0.15) is 11.3 Å². The highest BCUT2D eigenvalue weighted by Crippen LogP contribution is 2.24. The Morgan fingerprint density at radius 3 is 2.58 bits per heavy atom. The lowest BCUT2D eigenvalue weighted by Gasteiger charge is -2.15. The van der Waals surface area contributed by atoms with Crippen LogP contribution in [0.1, 0.15) is 5.56 Å².